The van der Waals surface area contributed by atoms with Gasteiger partial charge in [0, 0.05) is 19.3 Å². The summed E-state index contributed by atoms with van der Waals surface area (Å²) in [7, 11) is 0. The third-order valence-electron chi connectivity index (χ3n) is 14.0. The highest BCUT2D eigenvalue weighted by atomic mass is 16.6. The van der Waals surface area contributed by atoms with E-state index in [1.165, 1.54) is 212 Å². The van der Waals surface area contributed by atoms with Crippen LogP contribution in [-0.4, -0.2) is 37.2 Å². The molecule has 0 aromatic rings. The van der Waals surface area contributed by atoms with Crippen molar-refractivity contribution in [2.24, 2.45) is 17.8 Å². The van der Waals surface area contributed by atoms with E-state index < -0.39 is 6.10 Å². The van der Waals surface area contributed by atoms with E-state index in [-0.39, 0.29) is 31.1 Å². The predicted molar refractivity (Wildman–Crippen MR) is 284 cm³/mol. The number of hydrogen-bond donors (Lipinski definition) is 0. The Labute approximate surface area is 412 Å². The summed E-state index contributed by atoms with van der Waals surface area (Å²) in [6.45, 7) is 13.8. The summed E-state index contributed by atoms with van der Waals surface area (Å²) in [5, 5.41) is 0. The lowest BCUT2D eigenvalue weighted by Gasteiger charge is -2.18. The van der Waals surface area contributed by atoms with E-state index in [0.717, 1.165) is 75.5 Å². The first-order valence-corrected chi connectivity index (χ1v) is 29.6. The van der Waals surface area contributed by atoms with Crippen LogP contribution in [0.15, 0.2) is 0 Å². The first kappa shape index (κ1) is 64.4. The fourth-order valence-corrected chi connectivity index (χ4v) is 9.14. The zero-order chi connectivity index (χ0) is 48.4. The van der Waals surface area contributed by atoms with E-state index in [0.29, 0.717) is 19.3 Å². The molecule has 0 aliphatic heterocycles. The summed E-state index contributed by atoms with van der Waals surface area (Å²) < 4.78 is 16.9. The number of esters is 3. The van der Waals surface area contributed by atoms with Crippen LogP contribution in [0.25, 0.3) is 0 Å². The Balaban J connectivity index is 4.23. The molecule has 392 valence electrons. The van der Waals surface area contributed by atoms with Gasteiger partial charge in [-0.15, -0.1) is 0 Å². The molecule has 0 rings (SSSR count). The number of carbonyl (C=O) groups excluding carboxylic acids is 3. The SMILES string of the molecule is CCC(C)CCCCCCCCCCCCCCCCC(=O)OC[C@H](COC(=O)CCCCCCCCCCCCCCCCCCC(C)C)OC(=O)CCCCCCCCCCC(C)C. The van der Waals surface area contributed by atoms with Crippen LogP contribution < -0.4 is 0 Å². The summed E-state index contributed by atoms with van der Waals surface area (Å²) in [5.74, 6) is 1.70. The van der Waals surface area contributed by atoms with Crippen LogP contribution in [0.2, 0.25) is 0 Å². The van der Waals surface area contributed by atoms with E-state index in [1.807, 2.05) is 0 Å². The van der Waals surface area contributed by atoms with Crippen LogP contribution in [0.3, 0.4) is 0 Å². The van der Waals surface area contributed by atoms with Crippen LogP contribution >= 0.6 is 0 Å². The van der Waals surface area contributed by atoms with Crippen LogP contribution in [0.5, 0.6) is 0 Å². The second kappa shape index (κ2) is 51.3. The van der Waals surface area contributed by atoms with Crippen molar-refractivity contribution in [2.75, 3.05) is 13.2 Å². The molecule has 0 aromatic heterocycles. The topological polar surface area (TPSA) is 78.9 Å². The van der Waals surface area contributed by atoms with Gasteiger partial charge >= 0.3 is 17.9 Å². The minimum absolute atomic E-state index is 0.0639. The van der Waals surface area contributed by atoms with Gasteiger partial charge < -0.3 is 14.2 Å². The third-order valence-corrected chi connectivity index (χ3v) is 14.0. The number of unbranched alkanes of at least 4 members (excludes halogenated alkanes) is 35. The van der Waals surface area contributed by atoms with Crippen molar-refractivity contribution in [3.8, 4) is 0 Å². The van der Waals surface area contributed by atoms with Gasteiger partial charge in [0.1, 0.15) is 13.2 Å². The zero-order valence-electron chi connectivity index (χ0n) is 45.5. The molecule has 0 saturated carbocycles. The summed E-state index contributed by atoms with van der Waals surface area (Å²) in [6, 6.07) is 0. The summed E-state index contributed by atoms with van der Waals surface area (Å²) in [5.41, 5.74) is 0. The van der Waals surface area contributed by atoms with Gasteiger partial charge in [0.2, 0.25) is 0 Å². The van der Waals surface area contributed by atoms with Crippen molar-refractivity contribution in [2.45, 2.75) is 337 Å². The molecule has 0 heterocycles. The molecule has 2 atom stereocenters. The normalized spacial score (nSPS) is 12.5. The fraction of sp³-hybridized carbons (Fsp3) is 0.950. The quantitative estimate of drug-likeness (QED) is 0.0343. The highest BCUT2D eigenvalue weighted by molar-refractivity contribution is 5.71. The Hall–Kier alpha value is -1.59. The van der Waals surface area contributed by atoms with Crippen molar-refractivity contribution >= 4 is 17.9 Å². The highest BCUT2D eigenvalue weighted by Gasteiger charge is 2.19. The van der Waals surface area contributed by atoms with Gasteiger partial charge in [-0.3, -0.25) is 14.4 Å². The Bertz CT molecular complexity index is 1020. The predicted octanol–water partition coefficient (Wildman–Crippen LogP) is 19.5. The van der Waals surface area contributed by atoms with E-state index in [9.17, 15) is 14.4 Å². The largest absolute Gasteiger partial charge is 0.462 e. The molecule has 0 fully saturated rings. The standard InChI is InChI=1S/C60H116O6/c1-7-56(6)48-42-36-30-23-19-15-12-13-17-21-25-32-38-44-50-59(62)65-53-57(66-60(63)51-45-39-33-27-26-29-35-41-47-55(4)5)52-64-58(61)49-43-37-31-24-20-16-11-9-8-10-14-18-22-28-34-40-46-54(2)3/h54-57H,7-53H2,1-6H3/t56?,57-/m0/s1. The smallest absolute Gasteiger partial charge is 0.306 e. The molecule has 6 nitrogen and oxygen atoms in total. The van der Waals surface area contributed by atoms with Gasteiger partial charge in [0.05, 0.1) is 0 Å². The molecular weight excluding hydrogens is 817 g/mol. The van der Waals surface area contributed by atoms with Crippen molar-refractivity contribution in [1.29, 1.82) is 0 Å². The van der Waals surface area contributed by atoms with E-state index in [4.69, 9.17) is 14.2 Å². The van der Waals surface area contributed by atoms with E-state index in [1.54, 1.807) is 0 Å². The molecule has 1 unspecified atom stereocenters. The van der Waals surface area contributed by atoms with Gasteiger partial charge in [-0.25, -0.2) is 0 Å². The monoisotopic (exact) mass is 933 g/mol. The second-order valence-corrected chi connectivity index (χ2v) is 21.8. The minimum Gasteiger partial charge on any atom is -0.462 e. The second-order valence-electron chi connectivity index (χ2n) is 21.8. The van der Waals surface area contributed by atoms with Crippen LogP contribution in [0.1, 0.15) is 330 Å². The molecule has 0 aliphatic rings. The third kappa shape index (κ3) is 51.8. The van der Waals surface area contributed by atoms with Crippen LogP contribution in [0, 0.1) is 17.8 Å². The zero-order valence-corrected chi connectivity index (χ0v) is 45.5. The lowest BCUT2D eigenvalue weighted by Crippen LogP contribution is -2.30. The number of ether oxygens (including phenoxy) is 3. The molecule has 0 radical (unpaired) electrons. The Morgan fingerprint density at radius 3 is 0.788 bits per heavy atom. The molecule has 0 bridgehead atoms. The number of carbonyl (C=O) groups is 3. The van der Waals surface area contributed by atoms with Crippen molar-refractivity contribution in [3.63, 3.8) is 0 Å². The molecule has 66 heavy (non-hydrogen) atoms. The average Bonchev–Trinajstić information content (AvgIpc) is 3.29. The van der Waals surface area contributed by atoms with Crippen molar-refractivity contribution in [3.05, 3.63) is 0 Å². The first-order valence-electron chi connectivity index (χ1n) is 29.6. The average molecular weight is 934 g/mol. The fourth-order valence-electron chi connectivity index (χ4n) is 9.14. The van der Waals surface area contributed by atoms with Gasteiger partial charge in [-0.1, -0.05) is 292 Å². The maximum atomic E-state index is 12.8. The lowest BCUT2D eigenvalue weighted by atomic mass is 9.99. The summed E-state index contributed by atoms with van der Waals surface area (Å²) in [4.78, 5) is 38.1. The molecular formula is C60H116O6. The van der Waals surface area contributed by atoms with Crippen molar-refractivity contribution in [1.82, 2.24) is 0 Å². The van der Waals surface area contributed by atoms with Crippen LogP contribution in [-0.2, 0) is 28.6 Å². The van der Waals surface area contributed by atoms with E-state index >= 15 is 0 Å². The summed E-state index contributed by atoms with van der Waals surface area (Å²) in [6.07, 6.45) is 53.8. The first-order chi connectivity index (χ1) is 32.1. The molecule has 0 aliphatic carbocycles. The molecule has 6 heteroatoms. The lowest BCUT2D eigenvalue weighted by molar-refractivity contribution is -0.167. The van der Waals surface area contributed by atoms with Gasteiger partial charge in [-0.2, -0.15) is 0 Å². The van der Waals surface area contributed by atoms with Crippen molar-refractivity contribution < 1.29 is 28.6 Å². The Morgan fingerprint density at radius 2 is 0.530 bits per heavy atom. The van der Waals surface area contributed by atoms with E-state index in [2.05, 4.69) is 41.5 Å². The molecule has 0 N–H and O–H groups in total. The van der Waals surface area contributed by atoms with Crippen LogP contribution in [0.4, 0.5) is 0 Å². The minimum atomic E-state index is -0.764. The number of hydrogen-bond acceptors (Lipinski definition) is 6. The summed E-state index contributed by atoms with van der Waals surface area (Å²) >= 11 is 0. The van der Waals surface area contributed by atoms with Gasteiger partial charge in [0.15, 0.2) is 6.10 Å². The Kier molecular flexibility index (Phi) is 50.0. The Morgan fingerprint density at radius 1 is 0.303 bits per heavy atom. The van der Waals surface area contributed by atoms with Gasteiger partial charge in [0.25, 0.3) is 0 Å². The molecule has 0 spiro atoms. The highest BCUT2D eigenvalue weighted by Crippen LogP contribution is 2.19. The molecule has 0 saturated heterocycles. The maximum absolute atomic E-state index is 12.8. The maximum Gasteiger partial charge on any atom is 0.306 e. The molecule has 0 aromatic carbocycles. The van der Waals surface area contributed by atoms with Gasteiger partial charge in [-0.05, 0) is 37.0 Å². The molecule has 0 amide bonds. The number of rotatable bonds is 53.